The van der Waals surface area contributed by atoms with E-state index in [1.165, 1.54) is 0 Å². The fourth-order valence-electron chi connectivity index (χ4n) is 5.98. The second kappa shape index (κ2) is 11.2. The summed E-state index contributed by atoms with van der Waals surface area (Å²) < 4.78 is 36.3. The van der Waals surface area contributed by atoms with Crippen molar-refractivity contribution in [3.8, 4) is 34.1 Å². The number of benzene rings is 3. The van der Waals surface area contributed by atoms with Gasteiger partial charge in [0.25, 0.3) is 0 Å². The first-order chi connectivity index (χ1) is 20.1. The number of rotatable bonds is 8. The van der Waals surface area contributed by atoms with Crippen LogP contribution in [0, 0.1) is 6.92 Å². The highest BCUT2D eigenvalue weighted by molar-refractivity contribution is 8.00. The Hall–Kier alpha value is -3.69. The molecule has 42 heavy (non-hydrogen) atoms. The van der Waals surface area contributed by atoms with Crippen LogP contribution in [0.15, 0.2) is 48.5 Å². The predicted molar refractivity (Wildman–Crippen MR) is 162 cm³/mol. The summed E-state index contributed by atoms with van der Waals surface area (Å²) in [5.74, 6) is 6.50. The Morgan fingerprint density at radius 2 is 1.86 bits per heavy atom. The highest BCUT2D eigenvalue weighted by Crippen LogP contribution is 2.41. The summed E-state index contributed by atoms with van der Waals surface area (Å²) in [5.41, 5.74) is 5.17. The molecule has 2 N–H and O–H groups in total. The number of aliphatic carboxylic acids is 1. The average Bonchev–Trinajstić information content (AvgIpc) is 3.24. The van der Waals surface area contributed by atoms with Gasteiger partial charge in [-0.05, 0) is 87.7 Å². The molecule has 3 aliphatic rings. The van der Waals surface area contributed by atoms with Crippen molar-refractivity contribution in [2.24, 2.45) is 0 Å². The number of aryl methyl sites for hydroxylation is 1. The fourth-order valence-corrected chi connectivity index (χ4v) is 7.69. The topological polar surface area (TPSA) is 112 Å². The third-order valence-electron chi connectivity index (χ3n) is 8.41. The first-order valence-corrected chi connectivity index (χ1v) is 16.3. The smallest absolute Gasteiger partial charge is 0.304 e. The van der Waals surface area contributed by atoms with Crippen molar-refractivity contribution in [2.75, 3.05) is 31.3 Å². The van der Waals surface area contributed by atoms with E-state index < -0.39 is 21.1 Å². The number of ether oxygens (including phenoxy) is 4. The van der Waals surface area contributed by atoms with Crippen molar-refractivity contribution in [1.29, 1.82) is 0 Å². The van der Waals surface area contributed by atoms with Gasteiger partial charge in [0.15, 0.2) is 0 Å². The Morgan fingerprint density at radius 1 is 1.05 bits per heavy atom. The van der Waals surface area contributed by atoms with Gasteiger partial charge in [-0.15, -0.1) is 0 Å². The Kier molecular flexibility index (Phi) is 7.57. The molecule has 0 aliphatic carbocycles. The van der Waals surface area contributed by atoms with Crippen molar-refractivity contribution >= 4 is 21.4 Å². The van der Waals surface area contributed by atoms with Crippen LogP contribution >= 0.6 is 0 Å². The molecule has 0 radical (unpaired) electrons. The summed E-state index contributed by atoms with van der Waals surface area (Å²) >= 11 is 0. The lowest BCUT2D eigenvalue weighted by Crippen LogP contribution is -2.43. The van der Waals surface area contributed by atoms with Gasteiger partial charge >= 0.3 is 5.97 Å². The third kappa shape index (κ3) is 6.08. The Bertz CT molecular complexity index is 1610. The van der Waals surface area contributed by atoms with Crippen LogP contribution in [-0.4, -0.2) is 63.2 Å². The summed E-state index contributed by atoms with van der Waals surface area (Å²) in [5, 5.41) is 20.1. The number of carboxylic acids is 1. The Balaban J connectivity index is 1.17. The molecular formula is C33H36O8S. The standard InChI is InChI=1S/C33H36O8S/c1-21-13-26(41-20-33(36)8-11-42(2,37)12-9-33)15-23-7-10-38-29-6-3-22(14-28(29)32(21)23)18-39-25-4-5-27-24(16-31(34)35)19-40-30(27)17-25/h3-6,13-15,17,24,36H,2,7-12,16,18-20H2,1H3,(H,34,35)/t24-,33?,42?/m1/s1. The van der Waals surface area contributed by atoms with Crippen LogP contribution in [0.4, 0.5) is 0 Å². The van der Waals surface area contributed by atoms with Crippen molar-refractivity contribution in [3.05, 3.63) is 70.8 Å². The van der Waals surface area contributed by atoms with Gasteiger partial charge in [0.2, 0.25) is 0 Å². The van der Waals surface area contributed by atoms with Crippen LogP contribution in [0.2, 0.25) is 0 Å². The number of aliphatic hydroxyl groups is 1. The van der Waals surface area contributed by atoms with Gasteiger partial charge in [-0.25, -0.2) is 0 Å². The van der Waals surface area contributed by atoms with Gasteiger partial charge in [-0.3, -0.25) is 9.00 Å². The summed E-state index contributed by atoms with van der Waals surface area (Å²) in [6, 6.07) is 15.7. The molecule has 3 aromatic rings. The van der Waals surface area contributed by atoms with E-state index in [9.17, 15) is 14.1 Å². The van der Waals surface area contributed by atoms with E-state index in [1.54, 1.807) is 0 Å². The molecule has 0 amide bonds. The molecular weight excluding hydrogens is 556 g/mol. The van der Waals surface area contributed by atoms with Gasteiger partial charge in [-0.2, -0.15) is 0 Å². The van der Waals surface area contributed by atoms with Crippen molar-refractivity contribution < 1.29 is 38.2 Å². The van der Waals surface area contributed by atoms with E-state index in [0.717, 1.165) is 45.6 Å². The van der Waals surface area contributed by atoms with Crippen LogP contribution in [0.1, 0.15) is 47.4 Å². The molecule has 3 aliphatic heterocycles. The second-order valence-corrected chi connectivity index (χ2v) is 14.4. The van der Waals surface area contributed by atoms with Crippen LogP contribution in [0.5, 0.6) is 23.0 Å². The summed E-state index contributed by atoms with van der Waals surface area (Å²) in [4.78, 5) is 11.1. The number of fused-ring (bicyclic) bond motifs is 4. The molecule has 8 nitrogen and oxygen atoms in total. The maximum Gasteiger partial charge on any atom is 0.304 e. The molecule has 9 heteroatoms. The molecule has 0 bridgehead atoms. The molecule has 3 aromatic carbocycles. The van der Waals surface area contributed by atoms with Crippen molar-refractivity contribution in [2.45, 2.75) is 50.7 Å². The zero-order chi connectivity index (χ0) is 29.5. The minimum atomic E-state index is -2.08. The van der Waals surface area contributed by atoms with Crippen molar-refractivity contribution in [3.63, 3.8) is 0 Å². The number of hydrogen-bond acceptors (Lipinski definition) is 7. The molecule has 6 rings (SSSR count). The second-order valence-electron chi connectivity index (χ2n) is 11.7. The highest BCUT2D eigenvalue weighted by atomic mass is 32.2. The first-order valence-electron chi connectivity index (χ1n) is 14.3. The molecule has 222 valence electrons. The van der Waals surface area contributed by atoms with Crippen LogP contribution in [0.25, 0.3) is 11.1 Å². The minimum absolute atomic E-state index is 0.0435. The maximum atomic E-state index is 12.2. The maximum absolute atomic E-state index is 12.2. The van der Waals surface area contributed by atoms with Gasteiger partial charge in [0, 0.05) is 41.0 Å². The number of carboxylic acid groups (broad SMARTS) is 1. The average molecular weight is 593 g/mol. The van der Waals surface area contributed by atoms with Gasteiger partial charge < -0.3 is 29.2 Å². The third-order valence-corrected chi connectivity index (χ3v) is 10.3. The van der Waals surface area contributed by atoms with E-state index in [-0.39, 0.29) is 18.9 Å². The lowest BCUT2D eigenvalue weighted by atomic mass is 9.92. The number of carbonyl (C=O) groups is 1. The quantitative estimate of drug-likeness (QED) is 0.361. The van der Waals surface area contributed by atoms with E-state index in [0.29, 0.717) is 61.4 Å². The molecule has 0 saturated carbocycles. The van der Waals surface area contributed by atoms with Gasteiger partial charge in [0.1, 0.15) is 41.8 Å². The fraction of sp³-hybridized carbons (Fsp3) is 0.394. The zero-order valence-corrected chi connectivity index (χ0v) is 24.5. The lowest BCUT2D eigenvalue weighted by Gasteiger charge is -2.33. The van der Waals surface area contributed by atoms with Crippen LogP contribution in [0.3, 0.4) is 0 Å². The van der Waals surface area contributed by atoms with Gasteiger partial charge in [0.05, 0.1) is 19.6 Å². The van der Waals surface area contributed by atoms with E-state index in [1.807, 2.05) is 42.5 Å². The van der Waals surface area contributed by atoms with Gasteiger partial charge in [-0.1, -0.05) is 12.1 Å². The normalized spacial score (nSPS) is 24.3. The summed E-state index contributed by atoms with van der Waals surface area (Å²) in [6.07, 6.45) is 1.62. The zero-order valence-electron chi connectivity index (χ0n) is 23.7. The van der Waals surface area contributed by atoms with E-state index >= 15 is 0 Å². The van der Waals surface area contributed by atoms with E-state index in [4.69, 9.17) is 24.1 Å². The number of hydrogen-bond donors (Lipinski definition) is 2. The molecule has 0 spiro atoms. The minimum Gasteiger partial charge on any atom is -0.493 e. The molecule has 1 fully saturated rings. The lowest BCUT2D eigenvalue weighted by molar-refractivity contribution is -0.137. The molecule has 3 heterocycles. The molecule has 0 aromatic heterocycles. The molecule has 1 saturated heterocycles. The van der Waals surface area contributed by atoms with Crippen LogP contribution in [-0.2, 0) is 27.3 Å². The summed E-state index contributed by atoms with van der Waals surface area (Å²) in [7, 11) is -2.08. The SMILES string of the molecule is C=S1(=O)CCC(O)(COc2cc(C)c3c(c2)CCOc2ccc(COc4ccc5c(c4)OC[C@H]5CC(=O)O)cc2-3)CC1. The van der Waals surface area contributed by atoms with Crippen LogP contribution < -0.4 is 18.9 Å². The Labute approximate surface area is 246 Å². The largest absolute Gasteiger partial charge is 0.493 e. The predicted octanol–water partition coefficient (Wildman–Crippen LogP) is 4.75. The highest BCUT2D eigenvalue weighted by Gasteiger charge is 2.34. The Morgan fingerprint density at radius 3 is 2.64 bits per heavy atom. The summed E-state index contributed by atoms with van der Waals surface area (Å²) in [6.45, 7) is 3.46. The molecule has 1 atom stereocenters. The monoisotopic (exact) mass is 592 g/mol. The first kappa shape index (κ1) is 28.4. The van der Waals surface area contributed by atoms with Crippen molar-refractivity contribution in [1.82, 2.24) is 0 Å². The van der Waals surface area contributed by atoms with E-state index in [2.05, 4.69) is 18.9 Å². The molecule has 0 unspecified atom stereocenters.